The Hall–Kier alpha value is -1.15. The van der Waals surface area contributed by atoms with Gasteiger partial charge in [-0.2, -0.15) is 0 Å². The van der Waals surface area contributed by atoms with E-state index in [0.29, 0.717) is 0 Å². The van der Waals surface area contributed by atoms with E-state index in [2.05, 4.69) is 5.32 Å². The summed E-state index contributed by atoms with van der Waals surface area (Å²) in [4.78, 5) is 17.0. The van der Waals surface area contributed by atoms with E-state index in [1.54, 1.807) is 0 Å². The molecule has 0 unspecified atom stereocenters. The van der Waals surface area contributed by atoms with Crippen LogP contribution in [-0.4, -0.2) is 39.0 Å². The minimum Gasteiger partial charge on any atom is -0.349 e. The lowest BCUT2D eigenvalue weighted by Crippen LogP contribution is -2.33. The van der Waals surface area contributed by atoms with Gasteiger partial charge in [-0.05, 0) is 31.0 Å². The molecule has 1 N–H and O–H groups in total. The summed E-state index contributed by atoms with van der Waals surface area (Å²) in [6, 6.07) is 4.16. The molecule has 1 aromatic rings. The van der Waals surface area contributed by atoms with Crippen molar-refractivity contribution in [3.8, 4) is 0 Å². The fourth-order valence-electron chi connectivity index (χ4n) is 2.42. The number of hydrogen-bond donors (Lipinski definition) is 1. The molecule has 0 radical (unpaired) electrons. The third-order valence-electron chi connectivity index (χ3n) is 3.77. The number of benzene rings is 1. The Labute approximate surface area is 135 Å². The SMILES string of the molecule is CON(C)S(=O)(=O)c1ccc(Cl)c(C(=O)NC2CCCC2)c1. The van der Waals surface area contributed by atoms with Crippen LogP contribution in [0.4, 0.5) is 0 Å². The van der Waals surface area contributed by atoms with Gasteiger partial charge < -0.3 is 5.32 Å². The first-order valence-electron chi connectivity index (χ1n) is 6.99. The van der Waals surface area contributed by atoms with Crippen molar-refractivity contribution >= 4 is 27.5 Å². The zero-order chi connectivity index (χ0) is 16.3. The van der Waals surface area contributed by atoms with E-state index in [9.17, 15) is 13.2 Å². The minimum absolute atomic E-state index is 0.0437. The highest BCUT2D eigenvalue weighted by Gasteiger charge is 2.24. The van der Waals surface area contributed by atoms with Crippen molar-refractivity contribution in [3.05, 3.63) is 28.8 Å². The molecule has 1 amide bonds. The van der Waals surface area contributed by atoms with Gasteiger partial charge in [-0.25, -0.2) is 8.42 Å². The van der Waals surface area contributed by atoms with Gasteiger partial charge in [0.05, 0.1) is 22.6 Å². The van der Waals surface area contributed by atoms with Gasteiger partial charge in [0.25, 0.3) is 15.9 Å². The monoisotopic (exact) mass is 346 g/mol. The highest BCUT2D eigenvalue weighted by atomic mass is 35.5. The fraction of sp³-hybridized carbons (Fsp3) is 0.500. The van der Waals surface area contributed by atoms with Gasteiger partial charge in [-0.15, -0.1) is 0 Å². The maximum Gasteiger partial charge on any atom is 0.264 e. The molecule has 0 spiro atoms. The van der Waals surface area contributed by atoms with E-state index in [1.807, 2.05) is 0 Å². The molecule has 1 saturated carbocycles. The van der Waals surface area contributed by atoms with E-state index in [0.717, 1.165) is 30.2 Å². The van der Waals surface area contributed by atoms with Gasteiger partial charge in [-0.1, -0.05) is 28.9 Å². The zero-order valence-electron chi connectivity index (χ0n) is 12.5. The normalized spacial score (nSPS) is 16.2. The molecule has 0 saturated heterocycles. The van der Waals surface area contributed by atoms with E-state index in [-0.39, 0.29) is 27.4 Å². The van der Waals surface area contributed by atoms with Crippen molar-refractivity contribution in [1.82, 2.24) is 9.79 Å². The lowest BCUT2D eigenvalue weighted by molar-refractivity contribution is -0.0258. The molecule has 122 valence electrons. The molecular weight excluding hydrogens is 328 g/mol. The molecule has 0 aromatic heterocycles. The first-order valence-corrected chi connectivity index (χ1v) is 8.81. The van der Waals surface area contributed by atoms with Crippen LogP contribution < -0.4 is 5.32 Å². The largest absolute Gasteiger partial charge is 0.349 e. The van der Waals surface area contributed by atoms with Crippen LogP contribution in [0.25, 0.3) is 0 Å². The summed E-state index contributed by atoms with van der Waals surface area (Å²) in [6.45, 7) is 0. The molecule has 6 nitrogen and oxygen atoms in total. The van der Waals surface area contributed by atoms with Crippen molar-refractivity contribution in [3.63, 3.8) is 0 Å². The number of hydroxylamine groups is 1. The van der Waals surface area contributed by atoms with E-state index in [1.165, 1.54) is 32.4 Å². The van der Waals surface area contributed by atoms with Crippen LogP contribution in [-0.2, 0) is 14.9 Å². The Morgan fingerprint density at radius 2 is 2.00 bits per heavy atom. The van der Waals surface area contributed by atoms with Crippen LogP contribution in [0.3, 0.4) is 0 Å². The lowest BCUT2D eigenvalue weighted by atomic mass is 10.2. The molecule has 1 aliphatic rings. The van der Waals surface area contributed by atoms with E-state index >= 15 is 0 Å². The fourth-order valence-corrected chi connectivity index (χ4v) is 3.62. The second-order valence-electron chi connectivity index (χ2n) is 5.19. The number of rotatable bonds is 5. The molecule has 0 bridgehead atoms. The first kappa shape index (κ1) is 17.2. The Morgan fingerprint density at radius 3 is 2.59 bits per heavy atom. The number of amides is 1. The van der Waals surface area contributed by atoms with Crippen molar-refractivity contribution < 1.29 is 18.0 Å². The van der Waals surface area contributed by atoms with Crippen LogP contribution in [0.1, 0.15) is 36.0 Å². The molecule has 1 aliphatic carbocycles. The Kier molecular flexibility index (Phi) is 5.44. The van der Waals surface area contributed by atoms with Crippen LogP contribution in [0.5, 0.6) is 0 Å². The third-order valence-corrected chi connectivity index (χ3v) is 5.77. The number of hydrogen-bond acceptors (Lipinski definition) is 4. The number of halogens is 1. The minimum atomic E-state index is -3.82. The third kappa shape index (κ3) is 3.60. The van der Waals surface area contributed by atoms with Crippen molar-refractivity contribution in [2.75, 3.05) is 14.2 Å². The van der Waals surface area contributed by atoms with Gasteiger partial charge in [-0.3, -0.25) is 9.63 Å². The summed E-state index contributed by atoms with van der Waals surface area (Å²) >= 11 is 6.04. The Bertz CT molecular complexity index is 657. The van der Waals surface area contributed by atoms with E-state index < -0.39 is 10.0 Å². The summed E-state index contributed by atoms with van der Waals surface area (Å²) in [7, 11) is -1.29. The topological polar surface area (TPSA) is 75.7 Å². The quantitative estimate of drug-likeness (QED) is 0.829. The molecule has 8 heteroatoms. The van der Waals surface area contributed by atoms with Crippen LogP contribution in [0, 0.1) is 0 Å². The van der Waals surface area contributed by atoms with Crippen LogP contribution in [0.2, 0.25) is 5.02 Å². The number of nitrogens with zero attached hydrogens (tertiary/aromatic N) is 1. The van der Waals surface area contributed by atoms with E-state index in [4.69, 9.17) is 16.4 Å². The van der Waals surface area contributed by atoms with Gasteiger partial charge in [0.2, 0.25) is 0 Å². The Balaban J connectivity index is 2.28. The standard InChI is InChI=1S/C14H19ClN2O4S/c1-17(21-2)22(19,20)11-7-8-13(15)12(9-11)14(18)16-10-5-3-4-6-10/h7-10H,3-6H2,1-2H3,(H,16,18). The van der Waals surface area contributed by atoms with Gasteiger partial charge in [0.1, 0.15) is 0 Å². The summed E-state index contributed by atoms with van der Waals surface area (Å²) in [6.07, 6.45) is 4.05. The number of nitrogens with one attached hydrogen (secondary N) is 1. The molecule has 2 rings (SSSR count). The predicted octanol–water partition coefficient (Wildman–Crippen LogP) is 2.19. The molecule has 0 heterocycles. The second kappa shape index (κ2) is 6.95. The van der Waals surface area contributed by atoms with Crippen molar-refractivity contribution in [2.24, 2.45) is 0 Å². The summed E-state index contributed by atoms with van der Waals surface area (Å²) in [5.41, 5.74) is 0.152. The molecule has 0 aliphatic heterocycles. The van der Waals surface area contributed by atoms with Gasteiger partial charge in [0.15, 0.2) is 0 Å². The van der Waals surface area contributed by atoms with Crippen molar-refractivity contribution in [1.29, 1.82) is 0 Å². The molecule has 1 fully saturated rings. The summed E-state index contributed by atoms with van der Waals surface area (Å²) in [5, 5.41) is 3.11. The zero-order valence-corrected chi connectivity index (χ0v) is 14.1. The number of sulfonamides is 1. The van der Waals surface area contributed by atoms with Crippen molar-refractivity contribution in [2.45, 2.75) is 36.6 Å². The second-order valence-corrected chi connectivity index (χ2v) is 7.54. The molecular formula is C14H19ClN2O4S. The molecule has 0 atom stereocenters. The smallest absolute Gasteiger partial charge is 0.264 e. The summed E-state index contributed by atoms with van der Waals surface area (Å²) < 4.78 is 25.2. The number of carbonyl (C=O) groups is 1. The molecule has 1 aromatic carbocycles. The Morgan fingerprint density at radius 1 is 1.36 bits per heavy atom. The lowest BCUT2D eigenvalue weighted by Gasteiger charge is -2.16. The van der Waals surface area contributed by atoms with Gasteiger partial charge >= 0.3 is 0 Å². The highest BCUT2D eigenvalue weighted by molar-refractivity contribution is 7.89. The predicted molar refractivity (Wildman–Crippen MR) is 83.1 cm³/mol. The average molecular weight is 347 g/mol. The average Bonchev–Trinajstić information content (AvgIpc) is 2.99. The first-order chi connectivity index (χ1) is 10.4. The van der Waals surface area contributed by atoms with Crippen LogP contribution in [0.15, 0.2) is 23.1 Å². The van der Waals surface area contributed by atoms with Gasteiger partial charge in [0, 0.05) is 13.1 Å². The van der Waals surface area contributed by atoms with Crippen LogP contribution >= 0.6 is 11.6 Å². The molecule has 22 heavy (non-hydrogen) atoms. The summed E-state index contributed by atoms with van der Waals surface area (Å²) in [5.74, 6) is -0.353. The maximum absolute atomic E-state index is 12.3. The number of carbonyl (C=O) groups excluding carboxylic acids is 1. The highest BCUT2D eigenvalue weighted by Crippen LogP contribution is 2.24. The maximum atomic E-state index is 12.3.